The Morgan fingerprint density at radius 1 is 1.25 bits per heavy atom. The third kappa shape index (κ3) is 1.76. The summed E-state index contributed by atoms with van der Waals surface area (Å²) in [6.45, 7) is 4.13. The number of carbonyl (C=O) groups is 1. The summed E-state index contributed by atoms with van der Waals surface area (Å²) in [5, 5.41) is 9.73. The maximum Gasteiger partial charge on any atom is 0.336 e. The van der Waals surface area contributed by atoms with Crippen molar-refractivity contribution in [3.05, 3.63) is 41.6 Å². The van der Waals surface area contributed by atoms with Crippen molar-refractivity contribution in [2.24, 2.45) is 0 Å². The smallest absolute Gasteiger partial charge is 0.336 e. The fourth-order valence-electron chi connectivity index (χ4n) is 1.68. The molecule has 16 heavy (non-hydrogen) atoms. The summed E-state index contributed by atoms with van der Waals surface area (Å²) in [5.41, 5.74) is 2.03. The van der Waals surface area contributed by atoms with Gasteiger partial charge in [-0.15, -0.1) is 0 Å². The molecule has 0 radical (unpaired) electrons. The molecule has 3 heteroatoms. The highest BCUT2D eigenvalue weighted by atomic mass is 16.4. The topological polar surface area (TPSA) is 50.2 Å². The maximum atomic E-state index is 11.0. The first-order valence-electron chi connectivity index (χ1n) is 5.22. The molecule has 0 spiro atoms. The average molecular weight is 215 g/mol. The summed E-state index contributed by atoms with van der Waals surface area (Å²) in [6.07, 6.45) is 0. The zero-order valence-corrected chi connectivity index (χ0v) is 9.27. The highest BCUT2D eigenvalue weighted by molar-refractivity contribution is 6.02. The Morgan fingerprint density at radius 2 is 2.00 bits per heavy atom. The number of pyridine rings is 1. The van der Waals surface area contributed by atoms with Crippen LogP contribution in [0.25, 0.3) is 10.9 Å². The molecule has 0 unspecified atom stereocenters. The fourth-order valence-corrected chi connectivity index (χ4v) is 1.68. The molecule has 0 amide bonds. The van der Waals surface area contributed by atoms with E-state index in [-0.39, 0.29) is 0 Å². The lowest BCUT2D eigenvalue weighted by Gasteiger charge is -2.07. The number of nitrogens with zero attached hydrogens (tertiary/aromatic N) is 1. The van der Waals surface area contributed by atoms with Crippen molar-refractivity contribution in [1.29, 1.82) is 0 Å². The van der Waals surface area contributed by atoms with E-state index < -0.39 is 5.97 Å². The highest BCUT2D eigenvalue weighted by Gasteiger charge is 2.09. The second-order valence-corrected chi connectivity index (χ2v) is 4.07. The van der Waals surface area contributed by atoms with Crippen molar-refractivity contribution < 1.29 is 9.90 Å². The van der Waals surface area contributed by atoms with E-state index in [9.17, 15) is 4.79 Å². The van der Waals surface area contributed by atoms with E-state index in [1.165, 1.54) is 0 Å². The van der Waals surface area contributed by atoms with E-state index in [4.69, 9.17) is 5.11 Å². The van der Waals surface area contributed by atoms with Crippen molar-refractivity contribution in [2.75, 3.05) is 0 Å². The number of aromatic carboxylic acids is 1. The van der Waals surface area contributed by atoms with Gasteiger partial charge in [-0.3, -0.25) is 4.98 Å². The third-order valence-electron chi connectivity index (χ3n) is 2.58. The molecule has 0 fully saturated rings. The van der Waals surface area contributed by atoms with E-state index >= 15 is 0 Å². The molecule has 0 aliphatic rings. The Kier molecular flexibility index (Phi) is 2.60. The first-order valence-corrected chi connectivity index (χ1v) is 5.22. The predicted octanol–water partition coefficient (Wildman–Crippen LogP) is 3.06. The molecule has 2 aromatic rings. The lowest BCUT2D eigenvalue weighted by molar-refractivity contribution is 0.0699. The number of fused-ring (bicyclic) bond motifs is 1. The summed E-state index contributed by atoms with van der Waals surface area (Å²) in [4.78, 5) is 15.5. The van der Waals surface area contributed by atoms with E-state index in [0.717, 1.165) is 11.2 Å². The van der Waals surface area contributed by atoms with Crippen LogP contribution in [0.5, 0.6) is 0 Å². The minimum absolute atomic E-state index is 0.306. The molecule has 0 aliphatic carbocycles. The first kappa shape index (κ1) is 10.6. The molecule has 0 saturated carbocycles. The van der Waals surface area contributed by atoms with E-state index in [0.29, 0.717) is 16.9 Å². The zero-order valence-electron chi connectivity index (χ0n) is 9.27. The number of carboxylic acid groups (broad SMARTS) is 1. The monoisotopic (exact) mass is 215 g/mol. The van der Waals surface area contributed by atoms with Gasteiger partial charge in [0.15, 0.2) is 0 Å². The van der Waals surface area contributed by atoms with Crippen LogP contribution in [0.15, 0.2) is 30.3 Å². The van der Waals surface area contributed by atoms with E-state index in [1.807, 2.05) is 18.2 Å². The summed E-state index contributed by atoms with van der Waals surface area (Å²) >= 11 is 0. The molecule has 1 heterocycles. The van der Waals surface area contributed by atoms with Gasteiger partial charge >= 0.3 is 5.97 Å². The highest BCUT2D eigenvalue weighted by Crippen LogP contribution is 2.20. The Hall–Kier alpha value is -1.90. The molecule has 1 aromatic heterocycles. The van der Waals surface area contributed by atoms with Crippen LogP contribution in [0.4, 0.5) is 0 Å². The number of rotatable bonds is 2. The van der Waals surface area contributed by atoms with Crippen molar-refractivity contribution >= 4 is 16.9 Å². The largest absolute Gasteiger partial charge is 0.478 e. The number of aromatic nitrogens is 1. The molecule has 0 aliphatic heterocycles. The SMILES string of the molecule is CC(C)c1ccc2c(C(=O)O)cccc2n1. The maximum absolute atomic E-state index is 11.0. The van der Waals surface area contributed by atoms with Crippen LogP contribution in [0, 0.1) is 0 Å². The van der Waals surface area contributed by atoms with Crippen LogP contribution in [-0.4, -0.2) is 16.1 Å². The average Bonchev–Trinajstić information content (AvgIpc) is 2.27. The summed E-state index contributed by atoms with van der Waals surface area (Å²) in [5.74, 6) is -0.567. The van der Waals surface area contributed by atoms with Crippen LogP contribution in [0.3, 0.4) is 0 Å². The molecular weight excluding hydrogens is 202 g/mol. The van der Waals surface area contributed by atoms with Gasteiger partial charge in [0.2, 0.25) is 0 Å². The Labute approximate surface area is 93.7 Å². The Morgan fingerprint density at radius 3 is 2.62 bits per heavy atom. The molecule has 0 atom stereocenters. The van der Waals surface area contributed by atoms with Gasteiger partial charge in [-0.05, 0) is 24.1 Å². The van der Waals surface area contributed by atoms with Crippen LogP contribution >= 0.6 is 0 Å². The number of hydrogen-bond acceptors (Lipinski definition) is 2. The Balaban J connectivity index is 2.69. The normalized spacial score (nSPS) is 10.9. The zero-order chi connectivity index (χ0) is 11.7. The molecular formula is C13H13NO2. The third-order valence-corrected chi connectivity index (χ3v) is 2.58. The molecule has 0 bridgehead atoms. The molecule has 1 aromatic carbocycles. The fraction of sp³-hybridized carbons (Fsp3) is 0.231. The van der Waals surface area contributed by atoms with Crippen LogP contribution in [-0.2, 0) is 0 Å². The summed E-state index contributed by atoms with van der Waals surface area (Å²) < 4.78 is 0. The first-order chi connectivity index (χ1) is 7.59. The second kappa shape index (κ2) is 3.93. The minimum atomic E-state index is -0.912. The van der Waals surface area contributed by atoms with Crippen molar-refractivity contribution in [3.8, 4) is 0 Å². The molecule has 82 valence electrons. The van der Waals surface area contributed by atoms with Gasteiger partial charge in [-0.25, -0.2) is 4.79 Å². The lowest BCUT2D eigenvalue weighted by Crippen LogP contribution is -1.99. The van der Waals surface area contributed by atoms with Crippen LogP contribution in [0.2, 0.25) is 0 Å². The molecule has 0 saturated heterocycles. The van der Waals surface area contributed by atoms with E-state index in [1.54, 1.807) is 12.1 Å². The predicted molar refractivity (Wildman–Crippen MR) is 62.8 cm³/mol. The molecule has 3 nitrogen and oxygen atoms in total. The minimum Gasteiger partial charge on any atom is -0.478 e. The number of hydrogen-bond donors (Lipinski definition) is 1. The van der Waals surface area contributed by atoms with Crippen molar-refractivity contribution in [2.45, 2.75) is 19.8 Å². The summed E-state index contributed by atoms with van der Waals surface area (Å²) in [7, 11) is 0. The van der Waals surface area contributed by atoms with Crippen molar-refractivity contribution in [3.63, 3.8) is 0 Å². The summed E-state index contributed by atoms with van der Waals surface area (Å²) in [6, 6.07) is 8.89. The van der Waals surface area contributed by atoms with Gasteiger partial charge in [0.1, 0.15) is 0 Å². The second-order valence-electron chi connectivity index (χ2n) is 4.07. The van der Waals surface area contributed by atoms with Gasteiger partial charge < -0.3 is 5.11 Å². The van der Waals surface area contributed by atoms with Gasteiger partial charge in [0.05, 0.1) is 11.1 Å². The van der Waals surface area contributed by atoms with E-state index in [2.05, 4.69) is 18.8 Å². The number of benzene rings is 1. The van der Waals surface area contributed by atoms with Crippen LogP contribution < -0.4 is 0 Å². The number of carboxylic acids is 1. The van der Waals surface area contributed by atoms with Gasteiger partial charge in [-0.1, -0.05) is 26.0 Å². The standard InChI is InChI=1S/C13H13NO2/c1-8(2)11-7-6-9-10(13(15)16)4-3-5-12(9)14-11/h3-8H,1-2H3,(H,15,16). The van der Waals surface area contributed by atoms with Gasteiger partial charge in [0, 0.05) is 11.1 Å². The lowest BCUT2D eigenvalue weighted by atomic mass is 10.0. The van der Waals surface area contributed by atoms with Gasteiger partial charge in [0.25, 0.3) is 0 Å². The Bertz CT molecular complexity index is 547. The molecule has 1 N–H and O–H groups in total. The van der Waals surface area contributed by atoms with Crippen molar-refractivity contribution in [1.82, 2.24) is 4.98 Å². The molecule has 2 rings (SSSR count). The quantitative estimate of drug-likeness (QED) is 0.837. The van der Waals surface area contributed by atoms with Crippen LogP contribution in [0.1, 0.15) is 35.8 Å². The van der Waals surface area contributed by atoms with Gasteiger partial charge in [-0.2, -0.15) is 0 Å².